The first-order chi connectivity index (χ1) is 11.6. The van der Waals surface area contributed by atoms with Crippen LogP contribution in [0, 0.1) is 0 Å². The molecule has 1 aliphatic heterocycles. The highest BCUT2D eigenvalue weighted by atomic mass is 16.3. The molecule has 7 nitrogen and oxygen atoms in total. The number of nitrogens with one attached hydrogen (secondary N) is 2. The first kappa shape index (κ1) is 15.8. The van der Waals surface area contributed by atoms with E-state index in [-0.39, 0.29) is 18.9 Å². The standard InChI is InChI=1S/C17H17N3O4/c21-15(18-10-12-5-2-1-3-6-12)9-14-16(22)20(17(23)19-14)11-13-7-4-8-24-13/h1-8,14H,9-11H2,(H,18,21)(H,19,23)/t14-/m1/s1. The first-order valence-corrected chi connectivity index (χ1v) is 7.58. The third kappa shape index (κ3) is 3.62. The van der Waals surface area contributed by atoms with Gasteiger partial charge in [0, 0.05) is 6.54 Å². The molecule has 7 heteroatoms. The van der Waals surface area contributed by atoms with Crippen LogP contribution in [-0.2, 0) is 22.7 Å². The van der Waals surface area contributed by atoms with Gasteiger partial charge in [-0.3, -0.25) is 14.5 Å². The third-order valence-electron chi connectivity index (χ3n) is 3.72. The van der Waals surface area contributed by atoms with Crippen LogP contribution in [0.4, 0.5) is 4.79 Å². The lowest BCUT2D eigenvalue weighted by molar-refractivity contribution is -0.131. The van der Waals surface area contributed by atoms with Crippen LogP contribution in [0.15, 0.2) is 53.1 Å². The molecule has 24 heavy (non-hydrogen) atoms. The molecule has 1 aliphatic rings. The molecule has 0 bridgehead atoms. The number of urea groups is 1. The number of imide groups is 1. The highest BCUT2D eigenvalue weighted by Crippen LogP contribution is 2.14. The molecular formula is C17H17N3O4. The van der Waals surface area contributed by atoms with Gasteiger partial charge >= 0.3 is 6.03 Å². The van der Waals surface area contributed by atoms with E-state index < -0.39 is 18.0 Å². The Kier molecular flexibility index (Phi) is 4.60. The number of carbonyl (C=O) groups excluding carboxylic acids is 3. The van der Waals surface area contributed by atoms with Crippen molar-refractivity contribution in [2.45, 2.75) is 25.6 Å². The number of hydrogen-bond donors (Lipinski definition) is 2. The Labute approximate surface area is 138 Å². The minimum Gasteiger partial charge on any atom is -0.467 e. The van der Waals surface area contributed by atoms with Gasteiger partial charge in [-0.1, -0.05) is 30.3 Å². The number of rotatable bonds is 6. The van der Waals surface area contributed by atoms with Gasteiger partial charge in [0.1, 0.15) is 11.8 Å². The summed E-state index contributed by atoms with van der Waals surface area (Å²) >= 11 is 0. The number of furan rings is 1. The molecule has 1 aromatic carbocycles. The van der Waals surface area contributed by atoms with E-state index in [9.17, 15) is 14.4 Å². The molecule has 4 amide bonds. The van der Waals surface area contributed by atoms with E-state index in [4.69, 9.17) is 4.42 Å². The topological polar surface area (TPSA) is 91.7 Å². The van der Waals surface area contributed by atoms with E-state index in [2.05, 4.69) is 10.6 Å². The molecule has 2 heterocycles. The Bertz CT molecular complexity index is 728. The molecule has 2 aromatic rings. The van der Waals surface area contributed by atoms with Crippen molar-refractivity contribution in [3.8, 4) is 0 Å². The van der Waals surface area contributed by atoms with E-state index in [1.807, 2.05) is 30.3 Å². The van der Waals surface area contributed by atoms with Gasteiger partial charge in [-0.15, -0.1) is 0 Å². The molecule has 3 rings (SSSR count). The van der Waals surface area contributed by atoms with Gasteiger partial charge in [0.15, 0.2) is 0 Å². The first-order valence-electron chi connectivity index (χ1n) is 7.58. The predicted molar refractivity (Wildman–Crippen MR) is 84.5 cm³/mol. The second kappa shape index (κ2) is 6.99. The Balaban J connectivity index is 1.52. The largest absolute Gasteiger partial charge is 0.467 e. The van der Waals surface area contributed by atoms with Crippen molar-refractivity contribution in [2.24, 2.45) is 0 Å². The lowest BCUT2D eigenvalue weighted by Gasteiger charge is -2.11. The average Bonchev–Trinajstić information content (AvgIpc) is 3.18. The predicted octanol–water partition coefficient (Wildman–Crippen LogP) is 1.41. The van der Waals surface area contributed by atoms with Crippen molar-refractivity contribution in [1.82, 2.24) is 15.5 Å². The van der Waals surface area contributed by atoms with Gasteiger partial charge in [-0.2, -0.15) is 0 Å². The van der Waals surface area contributed by atoms with Crippen LogP contribution in [0.3, 0.4) is 0 Å². The summed E-state index contributed by atoms with van der Waals surface area (Å²) in [5.41, 5.74) is 0.965. The quantitative estimate of drug-likeness (QED) is 0.785. The fourth-order valence-corrected chi connectivity index (χ4v) is 2.48. The third-order valence-corrected chi connectivity index (χ3v) is 3.72. The molecule has 2 N–H and O–H groups in total. The molecule has 1 aromatic heterocycles. The molecule has 0 spiro atoms. The monoisotopic (exact) mass is 327 g/mol. The summed E-state index contributed by atoms with van der Waals surface area (Å²) in [5, 5.41) is 5.27. The van der Waals surface area contributed by atoms with Crippen LogP contribution < -0.4 is 10.6 Å². The van der Waals surface area contributed by atoms with Gasteiger partial charge in [0.05, 0.1) is 19.2 Å². The van der Waals surface area contributed by atoms with Crippen LogP contribution >= 0.6 is 0 Å². The van der Waals surface area contributed by atoms with Crippen molar-refractivity contribution in [3.05, 3.63) is 60.1 Å². The van der Waals surface area contributed by atoms with Crippen molar-refractivity contribution >= 4 is 17.8 Å². The van der Waals surface area contributed by atoms with Crippen molar-refractivity contribution in [3.63, 3.8) is 0 Å². The normalized spacial score (nSPS) is 17.0. The van der Waals surface area contributed by atoms with Gasteiger partial charge in [-0.25, -0.2) is 4.79 Å². The smallest absolute Gasteiger partial charge is 0.325 e. The van der Waals surface area contributed by atoms with E-state index in [1.165, 1.54) is 6.26 Å². The summed E-state index contributed by atoms with van der Waals surface area (Å²) in [7, 11) is 0. The number of carbonyl (C=O) groups is 3. The lowest BCUT2D eigenvalue weighted by atomic mass is 10.2. The Morgan fingerprint density at radius 2 is 1.96 bits per heavy atom. The highest BCUT2D eigenvalue weighted by molar-refractivity contribution is 6.05. The van der Waals surface area contributed by atoms with Crippen LogP contribution in [0.2, 0.25) is 0 Å². The fourth-order valence-electron chi connectivity index (χ4n) is 2.48. The lowest BCUT2D eigenvalue weighted by Crippen LogP contribution is -2.36. The zero-order valence-corrected chi connectivity index (χ0v) is 12.9. The minimum atomic E-state index is -0.844. The van der Waals surface area contributed by atoms with Crippen LogP contribution in [0.1, 0.15) is 17.7 Å². The molecule has 1 saturated heterocycles. The molecule has 1 fully saturated rings. The van der Waals surface area contributed by atoms with Gasteiger partial charge in [0.25, 0.3) is 5.91 Å². The molecule has 0 radical (unpaired) electrons. The second-order valence-electron chi connectivity index (χ2n) is 5.47. The minimum absolute atomic E-state index is 0.0554. The van der Waals surface area contributed by atoms with E-state index in [0.717, 1.165) is 10.5 Å². The zero-order valence-electron chi connectivity index (χ0n) is 12.9. The van der Waals surface area contributed by atoms with Crippen LogP contribution in [0.5, 0.6) is 0 Å². The number of amides is 4. The number of benzene rings is 1. The average molecular weight is 327 g/mol. The number of nitrogens with zero attached hydrogens (tertiary/aromatic N) is 1. The molecule has 124 valence electrons. The SMILES string of the molecule is O=C(C[C@H]1NC(=O)N(Cc2ccco2)C1=O)NCc1ccccc1. The zero-order chi connectivity index (χ0) is 16.9. The summed E-state index contributed by atoms with van der Waals surface area (Å²) in [4.78, 5) is 37.2. The second-order valence-corrected chi connectivity index (χ2v) is 5.47. The maximum absolute atomic E-state index is 12.3. The molecule has 0 unspecified atom stereocenters. The summed E-state index contributed by atoms with van der Waals surface area (Å²) in [6.07, 6.45) is 1.38. The molecule has 0 aliphatic carbocycles. The summed E-state index contributed by atoms with van der Waals surface area (Å²) in [5.74, 6) is -0.212. The maximum atomic E-state index is 12.3. The van der Waals surface area contributed by atoms with E-state index in [0.29, 0.717) is 12.3 Å². The van der Waals surface area contributed by atoms with Gasteiger partial charge < -0.3 is 15.1 Å². The molecule has 0 saturated carbocycles. The van der Waals surface area contributed by atoms with Gasteiger partial charge in [-0.05, 0) is 17.7 Å². The maximum Gasteiger partial charge on any atom is 0.325 e. The van der Waals surface area contributed by atoms with Crippen LogP contribution in [0.25, 0.3) is 0 Å². The number of hydrogen-bond acceptors (Lipinski definition) is 4. The van der Waals surface area contributed by atoms with E-state index in [1.54, 1.807) is 12.1 Å². The fraction of sp³-hybridized carbons (Fsp3) is 0.235. The van der Waals surface area contributed by atoms with Crippen molar-refractivity contribution < 1.29 is 18.8 Å². The summed E-state index contributed by atoms with van der Waals surface area (Å²) in [6, 6.07) is 11.5. The Hall–Kier alpha value is -3.09. The molecular weight excluding hydrogens is 310 g/mol. The van der Waals surface area contributed by atoms with Crippen molar-refractivity contribution in [2.75, 3.05) is 0 Å². The molecule has 1 atom stereocenters. The van der Waals surface area contributed by atoms with Gasteiger partial charge in [0.2, 0.25) is 5.91 Å². The van der Waals surface area contributed by atoms with Crippen molar-refractivity contribution in [1.29, 1.82) is 0 Å². The van der Waals surface area contributed by atoms with E-state index >= 15 is 0 Å². The Morgan fingerprint density at radius 1 is 1.17 bits per heavy atom. The summed E-state index contributed by atoms with van der Waals surface area (Å²) < 4.78 is 5.14. The highest BCUT2D eigenvalue weighted by Gasteiger charge is 2.39. The van der Waals surface area contributed by atoms with Crippen LogP contribution in [-0.4, -0.2) is 28.8 Å². The Morgan fingerprint density at radius 3 is 2.67 bits per heavy atom. The summed E-state index contributed by atoms with van der Waals surface area (Å²) in [6.45, 7) is 0.435.